The molecule has 10 heteroatoms. The quantitative estimate of drug-likeness (QED) is 0.529. The number of hydrogen-bond acceptors (Lipinski definition) is 7. The molecule has 2 unspecified atom stereocenters. The number of methoxy groups -OCH3 is 1. The second kappa shape index (κ2) is 10.9. The number of carbonyl (C=O) groups is 2. The Kier molecular flexibility index (Phi) is 7.31. The van der Waals surface area contributed by atoms with Crippen molar-refractivity contribution in [3.05, 3.63) is 47.4 Å². The van der Waals surface area contributed by atoms with E-state index in [1.54, 1.807) is 22.8 Å². The summed E-state index contributed by atoms with van der Waals surface area (Å²) in [4.78, 5) is 29.2. The average molecular weight is 551 g/mol. The Morgan fingerprint density at radius 3 is 2.80 bits per heavy atom. The SMILES string of the molecule is COc1cccc2c1CC1=C(O2)C(=O)N(C(CC2CCCCC2)C(=O)Nc2ccn(CC3COC(C)(C)O3)n2)C1. The first-order valence-electron chi connectivity index (χ1n) is 14.3. The van der Waals surface area contributed by atoms with Gasteiger partial charge in [0.2, 0.25) is 5.91 Å². The van der Waals surface area contributed by atoms with E-state index in [9.17, 15) is 9.59 Å². The van der Waals surface area contributed by atoms with Gasteiger partial charge in [-0.05, 0) is 38.3 Å². The Hall–Kier alpha value is -3.37. The molecule has 2 fully saturated rings. The van der Waals surface area contributed by atoms with Crippen molar-refractivity contribution < 1.29 is 28.5 Å². The van der Waals surface area contributed by atoms with Gasteiger partial charge in [0.1, 0.15) is 23.6 Å². The van der Waals surface area contributed by atoms with Crippen molar-refractivity contribution in [1.82, 2.24) is 14.7 Å². The molecule has 1 aromatic heterocycles. The Balaban J connectivity index is 1.17. The van der Waals surface area contributed by atoms with Crippen molar-refractivity contribution in [2.75, 3.05) is 25.6 Å². The van der Waals surface area contributed by atoms with Gasteiger partial charge >= 0.3 is 0 Å². The number of ether oxygens (including phenoxy) is 4. The second-order valence-electron chi connectivity index (χ2n) is 11.7. The van der Waals surface area contributed by atoms with Crippen LogP contribution in [0.1, 0.15) is 57.9 Å². The molecule has 40 heavy (non-hydrogen) atoms. The summed E-state index contributed by atoms with van der Waals surface area (Å²) in [5, 5.41) is 7.54. The maximum atomic E-state index is 13.8. The smallest absolute Gasteiger partial charge is 0.290 e. The van der Waals surface area contributed by atoms with E-state index in [1.165, 1.54) is 6.42 Å². The Morgan fingerprint density at radius 1 is 1.23 bits per heavy atom. The number of rotatable bonds is 8. The number of carbonyl (C=O) groups excluding carboxylic acids is 2. The van der Waals surface area contributed by atoms with E-state index in [0.29, 0.717) is 55.8 Å². The third kappa shape index (κ3) is 5.47. The lowest BCUT2D eigenvalue weighted by Crippen LogP contribution is -2.47. The van der Waals surface area contributed by atoms with Gasteiger partial charge in [0, 0.05) is 36.4 Å². The standard InChI is InChI=1S/C30H38N4O6/c1-30(2)38-18-21(40-30)17-33-13-12-26(32-33)31-28(35)23(14-19-8-5-4-6-9-19)34-16-20-15-22-24(37-3)10-7-11-25(22)39-27(20)29(34)36/h7,10-13,19,21,23H,4-6,8-9,14-18H2,1-3H3,(H,31,32,35). The first-order chi connectivity index (χ1) is 19.3. The highest BCUT2D eigenvalue weighted by Crippen LogP contribution is 2.40. The maximum absolute atomic E-state index is 13.8. The van der Waals surface area contributed by atoms with Crippen LogP contribution in [0, 0.1) is 5.92 Å². The van der Waals surface area contributed by atoms with E-state index in [2.05, 4.69) is 10.4 Å². The van der Waals surface area contributed by atoms with Crippen LogP contribution in [0.4, 0.5) is 5.82 Å². The fourth-order valence-corrected chi connectivity index (χ4v) is 6.38. The van der Waals surface area contributed by atoms with Gasteiger partial charge < -0.3 is 29.2 Å². The van der Waals surface area contributed by atoms with Crippen LogP contribution in [0.5, 0.6) is 11.5 Å². The molecule has 1 aliphatic carbocycles. The minimum Gasteiger partial charge on any atom is -0.496 e. The largest absolute Gasteiger partial charge is 0.496 e. The zero-order valence-corrected chi connectivity index (χ0v) is 23.5. The number of hydrogen-bond donors (Lipinski definition) is 1. The van der Waals surface area contributed by atoms with Gasteiger partial charge in [0.15, 0.2) is 17.4 Å². The highest BCUT2D eigenvalue weighted by molar-refractivity contribution is 6.02. The summed E-state index contributed by atoms with van der Waals surface area (Å²) in [7, 11) is 1.63. The van der Waals surface area contributed by atoms with Crippen molar-refractivity contribution in [3.63, 3.8) is 0 Å². The molecule has 0 bridgehead atoms. The lowest BCUT2D eigenvalue weighted by atomic mass is 9.84. The molecule has 2 atom stereocenters. The van der Waals surface area contributed by atoms with Gasteiger partial charge in [0.05, 0.1) is 20.3 Å². The van der Waals surface area contributed by atoms with Crippen molar-refractivity contribution in [3.8, 4) is 11.5 Å². The van der Waals surface area contributed by atoms with Gasteiger partial charge in [-0.3, -0.25) is 14.3 Å². The molecule has 3 aliphatic heterocycles. The van der Waals surface area contributed by atoms with Gasteiger partial charge in [-0.25, -0.2) is 0 Å². The monoisotopic (exact) mass is 550 g/mol. The molecular weight excluding hydrogens is 512 g/mol. The summed E-state index contributed by atoms with van der Waals surface area (Å²) in [6.07, 6.45) is 8.59. The van der Waals surface area contributed by atoms with Gasteiger partial charge in [-0.2, -0.15) is 5.10 Å². The molecule has 2 aromatic rings. The molecular formula is C30H38N4O6. The van der Waals surface area contributed by atoms with Crippen LogP contribution < -0.4 is 14.8 Å². The molecule has 214 valence electrons. The zero-order valence-electron chi connectivity index (χ0n) is 23.5. The summed E-state index contributed by atoms with van der Waals surface area (Å²) < 4.78 is 24.9. The van der Waals surface area contributed by atoms with E-state index < -0.39 is 11.8 Å². The molecule has 10 nitrogen and oxygen atoms in total. The normalized spacial score (nSPS) is 23.0. The Bertz CT molecular complexity index is 1310. The molecule has 4 aliphatic rings. The summed E-state index contributed by atoms with van der Waals surface area (Å²) in [5.74, 6) is 1.50. The predicted molar refractivity (Wildman–Crippen MR) is 147 cm³/mol. The first-order valence-corrected chi connectivity index (χ1v) is 14.3. The van der Waals surface area contributed by atoms with Crippen LogP contribution in [0.15, 0.2) is 41.8 Å². The van der Waals surface area contributed by atoms with E-state index in [-0.39, 0.29) is 17.9 Å². The molecule has 1 aromatic carbocycles. The predicted octanol–water partition coefficient (Wildman–Crippen LogP) is 4.05. The molecule has 0 radical (unpaired) electrons. The summed E-state index contributed by atoms with van der Waals surface area (Å²) in [6, 6.07) is 6.76. The minimum absolute atomic E-state index is 0.111. The van der Waals surface area contributed by atoms with Crippen molar-refractivity contribution >= 4 is 17.6 Å². The zero-order chi connectivity index (χ0) is 27.9. The van der Waals surface area contributed by atoms with Crippen molar-refractivity contribution in [2.24, 2.45) is 5.92 Å². The molecule has 6 rings (SSSR count). The van der Waals surface area contributed by atoms with E-state index in [4.69, 9.17) is 18.9 Å². The summed E-state index contributed by atoms with van der Waals surface area (Å²) in [6.45, 7) is 5.15. The number of nitrogens with zero attached hydrogens (tertiary/aromatic N) is 3. The van der Waals surface area contributed by atoms with Crippen LogP contribution in [0.3, 0.4) is 0 Å². The van der Waals surface area contributed by atoms with Crippen LogP contribution in [-0.4, -0.2) is 64.7 Å². The van der Waals surface area contributed by atoms with Gasteiger partial charge in [-0.15, -0.1) is 0 Å². The third-order valence-corrected chi connectivity index (χ3v) is 8.36. The minimum atomic E-state index is -0.618. The van der Waals surface area contributed by atoms with Crippen LogP contribution >= 0.6 is 0 Å². The highest BCUT2D eigenvalue weighted by Gasteiger charge is 2.43. The lowest BCUT2D eigenvalue weighted by molar-refractivity contribution is -0.139. The van der Waals surface area contributed by atoms with E-state index in [1.807, 2.05) is 38.2 Å². The third-order valence-electron chi connectivity index (χ3n) is 8.36. The molecule has 1 saturated heterocycles. The van der Waals surface area contributed by atoms with Crippen LogP contribution in [-0.2, 0) is 32.0 Å². The molecule has 2 amide bonds. The lowest BCUT2D eigenvalue weighted by Gasteiger charge is -2.31. The molecule has 1 N–H and O–H groups in total. The van der Waals surface area contributed by atoms with Gasteiger partial charge in [0.25, 0.3) is 5.91 Å². The number of benzene rings is 1. The highest BCUT2D eigenvalue weighted by atomic mass is 16.7. The van der Waals surface area contributed by atoms with Crippen molar-refractivity contribution in [1.29, 1.82) is 0 Å². The van der Waals surface area contributed by atoms with E-state index in [0.717, 1.165) is 42.6 Å². The maximum Gasteiger partial charge on any atom is 0.290 e. The number of aromatic nitrogens is 2. The Morgan fingerprint density at radius 2 is 2.05 bits per heavy atom. The van der Waals surface area contributed by atoms with Crippen LogP contribution in [0.25, 0.3) is 0 Å². The Labute approximate surface area is 234 Å². The number of anilines is 1. The fraction of sp³-hybridized carbons (Fsp3) is 0.567. The molecule has 0 spiro atoms. The fourth-order valence-electron chi connectivity index (χ4n) is 6.38. The van der Waals surface area contributed by atoms with E-state index >= 15 is 0 Å². The number of amides is 2. The van der Waals surface area contributed by atoms with Crippen molar-refractivity contribution in [2.45, 2.75) is 83.3 Å². The topological polar surface area (TPSA) is 104 Å². The molecule has 4 heterocycles. The van der Waals surface area contributed by atoms with Gasteiger partial charge in [-0.1, -0.05) is 38.2 Å². The first kappa shape index (κ1) is 26.8. The number of nitrogens with one attached hydrogen (secondary N) is 1. The number of fused-ring (bicyclic) bond motifs is 1. The molecule has 1 saturated carbocycles. The summed E-state index contributed by atoms with van der Waals surface area (Å²) >= 11 is 0. The summed E-state index contributed by atoms with van der Waals surface area (Å²) in [5.41, 5.74) is 1.81. The van der Waals surface area contributed by atoms with Crippen LogP contribution in [0.2, 0.25) is 0 Å². The average Bonchev–Trinajstić information content (AvgIpc) is 3.63. The second-order valence-corrected chi connectivity index (χ2v) is 11.7.